The van der Waals surface area contributed by atoms with Gasteiger partial charge in [-0.3, -0.25) is 4.90 Å². The van der Waals surface area contributed by atoms with E-state index in [1.165, 1.54) is 0 Å². The van der Waals surface area contributed by atoms with Gasteiger partial charge in [0.05, 0.1) is 5.60 Å². The molecule has 0 unspecified atom stereocenters. The van der Waals surface area contributed by atoms with Crippen molar-refractivity contribution in [3.63, 3.8) is 0 Å². The molecule has 0 aromatic heterocycles. The molecule has 0 aromatic rings. The Morgan fingerprint density at radius 3 is 2.53 bits per heavy atom. The van der Waals surface area contributed by atoms with Crippen molar-refractivity contribution in [3.8, 4) is 0 Å². The van der Waals surface area contributed by atoms with E-state index in [1.54, 1.807) is 18.7 Å². The maximum atomic E-state index is 11.0. The smallest absolute Gasteiger partial charge is 0.314 e. The van der Waals surface area contributed by atoms with Gasteiger partial charge in [0.15, 0.2) is 0 Å². The lowest BCUT2D eigenvalue weighted by atomic mass is 10.1. The molecule has 15 heavy (non-hydrogen) atoms. The van der Waals surface area contributed by atoms with Crippen LogP contribution in [0.15, 0.2) is 0 Å². The minimum atomic E-state index is -0.679. The first kappa shape index (κ1) is 12.3. The highest BCUT2D eigenvalue weighted by Crippen LogP contribution is 2.08. The van der Waals surface area contributed by atoms with Gasteiger partial charge < -0.3 is 15.7 Å². The fourth-order valence-corrected chi connectivity index (χ4v) is 1.90. The van der Waals surface area contributed by atoms with Gasteiger partial charge in [-0.1, -0.05) is 0 Å². The molecule has 1 fully saturated rings. The quantitative estimate of drug-likeness (QED) is 0.672. The highest BCUT2D eigenvalue weighted by molar-refractivity contribution is 5.71. The molecule has 1 heterocycles. The molecular formula is C10H21N3O2. The first-order chi connectivity index (χ1) is 6.88. The lowest BCUT2D eigenvalue weighted by Crippen LogP contribution is -2.42. The van der Waals surface area contributed by atoms with E-state index in [-0.39, 0.29) is 6.03 Å². The molecule has 0 radical (unpaired) electrons. The van der Waals surface area contributed by atoms with Crippen LogP contribution >= 0.6 is 0 Å². The van der Waals surface area contributed by atoms with E-state index in [9.17, 15) is 9.90 Å². The summed E-state index contributed by atoms with van der Waals surface area (Å²) in [4.78, 5) is 14.8. The first-order valence-corrected chi connectivity index (χ1v) is 5.37. The number of amides is 2. The predicted molar refractivity (Wildman–Crippen MR) is 58.5 cm³/mol. The van der Waals surface area contributed by atoms with E-state index in [2.05, 4.69) is 4.90 Å². The Morgan fingerprint density at radius 1 is 1.33 bits per heavy atom. The standard InChI is InChI=1S/C10H21N3O2/c1-10(2,15)8-12-4-3-5-13(7-6-12)9(11)14/h15H,3-8H2,1-2H3,(H2,11,14). The summed E-state index contributed by atoms with van der Waals surface area (Å²) in [7, 11) is 0. The molecule has 2 amide bonds. The van der Waals surface area contributed by atoms with Crippen molar-refractivity contribution in [3.05, 3.63) is 0 Å². The summed E-state index contributed by atoms with van der Waals surface area (Å²) >= 11 is 0. The summed E-state index contributed by atoms with van der Waals surface area (Å²) in [6.07, 6.45) is 0.916. The molecular weight excluding hydrogens is 194 g/mol. The lowest BCUT2D eigenvalue weighted by Gasteiger charge is -2.27. The fourth-order valence-electron chi connectivity index (χ4n) is 1.90. The number of β-amino-alcohol motifs (C(OH)–C–C–N with tert-alkyl or cyclic N) is 1. The van der Waals surface area contributed by atoms with E-state index < -0.39 is 5.60 Å². The summed E-state index contributed by atoms with van der Waals surface area (Å²) in [6, 6.07) is -0.347. The summed E-state index contributed by atoms with van der Waals surface area (Å²) in [6.45, 7) is 7.30. The van der Waals surface area contributed by atoms with Crippen LogP contribution in [0.5, 0.6) is 0 Å². The van der Waals surface area contributed by atoms with Crippen molar-refractivity contribution in [2.24, 2.45) is 5.73 Å². The minimum Gasteiger partial charge on any atom is -0.389 e. The topological polar surface area (TPSA) is 69.8 Å². The molecule has 1 aliphatic rings. The van der Waals surface area contributed by atoms with Crippen molar-refractivity contribution >= 4 is 6.03 Å². The average Bonchev–Trinajstić information content (AvgIpc) is 2.26. The largest absolute Gasteiger partial charge is 0.389 e. The van der Waals surface area contributed by atoms with E-state index in [1.807, 2.05) is 0 Å². The Morgan fingerprint density at radius 2 is 2.00 bits per heavy atom. The molecule has 0 atom stereocenters. The Kier molecular flexibility index (Phi) is 3.93. The minimum absolute atomic E-state index is 0.347. The van der Waals surface area contributed by atoms with Crippen LogP contribution in [-0.4, -0.2) is 59.3 Å². The molecule has 88 valence electrons. The van der Waals surface area contributed by atoms with Crippen LogP contribution in [0.2, 0.25) is 0 Å². The number of urea groups is 1. The summed E-state index contributed by atoms with van der Waals surface area (Å²) in [5, 5.41) is 9.69. The number of nitrogens with zero attached hydrogens (tertiary/aromatic N) is 2. The number of hydrogen-bond donors (Lipinski definition) is 2. The fraction of sp³-hybridized carbons (Fsp3) is 0.900. The summed E-state index contributed by atoms with van der Waals surface area (Å²) in [5.74, 6) is 0. The first-order valence-electron chi connectivity index (χ1n) is 5.37. The van der Waals surface area contributed by atoms with Crippen LogP contribution in [0.25, 0.3) is 0 Å². The zero-order chi connectivity index (χ0) is 11.5. The van der Waals surface area contributed by atoms with Crippen molar-refractivity contribution in [1.82, 2.24) is 9.80 Å². The SMILES string of the molecule is CC(C)(O)CN1CCCN(C(N)=O)CC1. The van der Waals surface area contributed by atoms with Gasteiger partial charge in [0, 0.05) is 32.7 Å². The summed E-state index contributed by atoms with van der Waals surface area (Å²) in [5.41, 5.74) is 4.55. The van der Waals surface area contributed by atoms with Crippen LogP contribution < -0.4 is 5.73 Å². The van der Waals surface area contributed by atoms with Gasteiger partial charge in [-0.05, 0) is 20.3 Å². The van der Waals surface area contributed by atoms with Crippen LogP contribution in [0.3, 0.4) is 0 Å². The van der Waals surface area contributed by atoms with Gasteiger partial charge in [-0.25, -0.2) is 4.79 Å². The molecule has 3 N–H and O–H groups in total. The van der Waals surface area contributed by atoms with Gasteiger partial charge in [0.2, 0.25) is 0 Å². The highest BCUT2D eigenvalue weighted by Gasteiger charge is 2.21. The number of rotatable bonds is 2. The number of primary amides is 1. The lowest BCUT2D eigenvalue weighted by molar-refractivity contribution is 0.0378. The van der Waals surface area contributed by atoms with Gasteiger partial charge in [0.1, 0.15) is 0 Å². The molecule has 0 bridgehead atoms. The van der Waals surface area contributed by atoms with Crippen molar-refractivity contribution in [2.75, 3.05) is 32.7 Å². The molecule has 0 spiro atoms. The van der Waals surface area contributed by atoms with E-state index in [0.29, 0.717) is 13.1 Å². The zero-order valence-corrected chi connectivity index (χ0v) is 9.57. The van der Waals surface area contributed by atoms with E-state index >= 15 is 0 Å². The average molecular weight is 215 g/mol. The number of nitrogens with two attached hydrogens (primary N) is 1. The van der Waals surface area contributed by atoms with Gasteiger partial charge in [-0.15, -0.1) is 0 Å². The molecule has 5 nitrogen and oxygen atoms in total. The zero-order valence-electron chi connectivity index (χ0n) is 9.57. The van der Waals surface area contributed by atoms with Gasteiger partial charge in [0.25, 0.3) is 0 Å². The molecule has 1 rings (SSSR count). The second-order valence-corrected chi connectivity index (χ2v) is 4.77. The third-order valence-electron chi connectivity index (χ3n) is 2.51. The van der Waals surface area contributed by atoms with E-state index in [4.69, 9.17) is 5.73 Å². The van der Waals surface area contributed by atoms with Gasteiger partial charge >= 0.3 is 6.03 Å². The second-order valence-electron chi connectivity index (χ2n) is 4.77. The summed E-state index contributed by atoms with van der Waals surface area (Å²) < 4.78 is 0. The molecule has 5 heteroatoms. The third-order valence-corrected chi connectivity index (χ3v) is 2.51. The second kappa shape index (κ2) is 4.81. The number of aliphatic hydroxyl groups is 1. The predicted octanol–water partition coefficient (Wildman–Crippen LogP) is -0.156. The molecule has 0 saturated carbocycles. The van der Waals surface area contributed by atoms with Crippen LogP contribution in [0.1, 0.15) is 20.3 Å². The molecule has 1 saturated heterocycles. The van der Waals surface area contributed by atoms with Crippen molar-refractivity contribution in [2.45, 2.75) is 25.9 Å². The Labute approximate surface area is 90.8 Å². The Hall–Kier alpha value is -0.810. The normalized spacial score (nSPS) is 20.1. The number of carbonyl (C=O) groups excluding carboxylic acids is 1. The number of carbonyl (C=O) groups is 1. The monoisotopic (exact) mass is 215 g/mol. The molecule has 0 aromatic carbocycles. The van der Waals surface area contributed by atoms with E-state index in [0.717, 1.165) is 26.1 Å². The van der Waals surface area contributed by atoms with Crippen LogP contribution in [0, 0.1) is 0 Å². The Balaban J connectivity index is 2.42. The van der Waals surface area contributed by atoms with Crippen molar-refractivity contribution < 1.29 is 9.90 Å². The van der Waals surface area contributed by atoms with Crippen molar-refractivity contribution in [1.29, 1.82) is 0 Å². The highest BCUT2D eigenvalue weighted by atomic mass is 16.3. The molecule has 0 aliphatic carbocycles. The maximum Gasteiger partial charge on any atom is 0.314 e. The Bertz CT molecular complexity index is 225. The van der Waals surface area contributed by atoms with Gasteiger partial charge in [-0.2, -0.15) is 0 Å². The third kappa shape index (κ3) is 4.48. The van der Waals surface area contributed by atoms with Crippen LogP contribution in [0.4, 0.5) is 4.79 Å². The molecule has 1 aliphatic heterocycles. The maximum absolute atomic E-state index is 11.0. The number of hydrogen-bond acceptors (Lipinski definition) is 3. The van der Waals surface area contributed by atoms with Crippen LogP contribution in [-0.2, 0) is 0 Å².